The predicted molar refractivity (Wildman–Crippen MR) is 56.6 cm³/mol. The molecule has 3 N–H and O–H groups in total. The van der Waals surface area contributed by atoms with Gasteiger partial charge in [-0.15, -0.1) is 0 Å². The Hall–Kier alpha value is -1.26. The van der Waals surface area contributed by atoms with Gasteiger partial charge in [-0.2, -0.15) is 4.98 Å². The van der Waals surface area contributed by atoms with Crippen LogP contribution >= 0.6 is 11.6 Å². The van der Waals surface area contributed by atoms with E-state index in [1.54, 1.807) is 12.1 Å². The Morgan fingerprint density at radius 1 is 1.50 bits per heavy atom. The van der Waals surface area contributed by atoms with E-state index >= 15 is 0 Å². The third-order valence-electron chi connectivity index (χ3n) is 1.77. The van der Waals surface area contributed by atoms with Gasteiger partial charge in [-0.25, -0.2) is 0 Å². The fraction of sp³-hybridized carbons (Fsp3) is 0.222. The van der Waals surface area contributed by atoms with E-state index in [9.17, 15) is 0 Å². The van der Waals surface area contributed by atoms with Gasteiger partial charge >= 0.3 is 0 Å². The molecule has 0 aliphatic rings. The molecular formula is C9H10ClN3O. The summed E-state index contributed by atoms with van der Waals surface area (Å²) >= 11 is 5.80. The summed E-state index contributed by atoms with van der Waals surface area (Å²) in [5.74, 6) is 0. The highest BCUT2D eigenvalue weighted by atomic mass is 35.5. The fourth-order valence-electron chi connectivity index (χ4n) is 1.15. The molecule has 0 bridgehead atoms. The highest BCUT2D eigenvalue weighted by Gasteiger charge is 2.04. The molecule has 0 spiro atoms. The normalized spacial score (nSPS) is 10.7. The van der Waals surface area contributed by atoms with Gasteiger partial charge in [0.2, 0.25) is 0 Å². The molecular weight excluding hydrogens is 202 g/mol. The average molecular weight is 212 g/mol. The lowest BCUT2D eigenvalue weighted by Crippen LogP contribution is -2.13. The SMILES string of the molecule is NCCNc1nc2ccc(Cl)cc2o1. The van der Waals surface area contributed by atoms with Gasteiger partial charge in [0.1, 0.15) is 5.52 Å². The first kappa shape index (κ1) is 9.30. The zero-order valence-corrected chi connectivity index (χ0v) is 8.21. The van der Waals surface area contributed by atoms with Crippen LogP contribution in [0.5, 0.6) is 0 Å². The molecule has 5 heteroatoms. The van der Waals surface area contributed by atoms with Crippen LogP contribution in [0.3, 0.4) is 0 Å². The lowest BCUT2D eigenvalue weighted by atomic mass is 10.3. The minimum Gasteiger partial charge on any atom is -0.424 e. The maximum atomic E-state index is 5.80. The summed E-state index contributed by atoms with van der Waals surface area (Å²) in [5, 5.41) is 3.60. The lowest BCUT2D eigenvalue weighted by Gasteiger charge is -1.95. The molecule has 2 aromatic rings. The van der Waals surface area contributed by atoms with Gasteiger partial charge in [0.25, 0.3) is 6.01 Å². The monoisotopic (exact) mass is 211 g/mol. The molecule has 0 atom stereocenters. The van der Waals surface area contributed by atoms with Crippen LogP contribution in [0, 0.1) is 0 Å². The van der Waals surface area contributed by atoms with E-state index in [0.29, 0.717) is 29.7 Å². The molecule has 0 saturated heterocycles. The molecule has 2 rings (SSSR count). The van der Waals surface area contributed by atoms with E-state index < -0.39 is 0 Å². The number of aromatic nitrogens is 1. The largest absolute Gasteiger partial charge is 0.424 e. The number of nitrogens with one attached hydrogen (secondary N) is 1. The van der Waals surface area contributed by atoms with Crippen molar-refractivity contribution in [3.8, 4) is 0 Å². The molecule has 0 saturated carbocycles. The van der Waals surface area contributed by atoms with Gasteiger partial charge in [-0.3, -0.25) is 0 Å². The molecule has 4 nitrogen and oxygen atoms in total. The minimum absolute atomic E-state index is 0.479. The van der Waals surface area contributed by atoms with E-state index in [0.717, 1.165) is 5.52 Å². The molecule has 0 aliphatic heterocycles. The second-order valence-electron chi connectivity index (χ2n) is 2.85. The van der Waals surface area contributed by atoms with Crippen molar-refractivity contribution in [2.75, 3.05) is 18.4 Å². The van der Waals surface area contributed by atoms with Gasteiger partial charge in [0, 0.05) is 24.2 Å². The van der Waals surface area contributed by atoms with E-state index in [1.165, 1.54) is 0 Å². The van der Waals surface area contributed by atoms with Crippen LogP contribution in [0.4, 0.5) is 6.01 Å². The number of oxazole rings is 1. The van der Waals surface area contributed by atoms with Crippen molar-refractivity contribution in [1.29, 1.82) is 0 Å². The van der Waals surface area contributed by atoms with Crippen molar-refractivity contribution in [3.05, 3.63) is 23.2 Å². The predicted octanol–water partition coefficient (Wildman–Crippen LogP) is 1.85. The average Bonchev–Trinajstić information content (AvgIpc) is 2.56. The molecule has 1 aromatic carbocycles. The first-order valence-corrected chi connectivity index (χ1v) is 4.67. The topological polar surface area (TPSA) is 64.1 Å². The summed E-state index contributed by atoms with van der Waals surface area (Å²) in [6.07, 6.45) is 0. The van der Waals surface area contributed by atoms with Crippen molar-refractivity contribution in [3.63, 3.8) is 0 Å². The Kier molecular flexibility index (Phi) is 2.56. The summed E-state index contributed by atoms with van der Waals surface area (Å²) in [6.45, 7) is 1.18. The summed E-state index contributed by atoms with van der Waals surface area (Å²) in [5.41, 5.74) is 6.81. The first-order chi connectivity index (χ1) is 6.79. The van der Waals surface area contributed by atoms with Gasteiger partial charge in [0.15, 0.2) is 5.58 Å². The van der Waals surface area contributed by atoms with Crippen molar-refractivity contribution in [2.24, 2.45) is 5.73 Å². The van der Waals surface area contributed by atoms with E-state index in [2.05, 4.69) is 10.3 Å². The molecule has 0 fully saturated rings. The van der Waals surface area contributed by atoms with Crippen LogP contribution in [-0.4, -0.2) is 18.1 Å². The minimum atomic E-state index is 0.479. The van der Waals surface area contributed by atoms with Crippen LogP contribution in [0.2, 0.25) is 5.02 Å². The number of nitrogens with zero attached hydrogens (tertiary/aromatic N) is 1. The number of benzene rings is 1. The number of fused-ring (bicyclic) bond motifs is 1. The molecule has 0 unspecified atom stereocenters. The number of rotatable bonds is 3. The van der Waals surface area contributed by atoms with Crippen molar-refractivity contribution >= 4 is 28.7 Å². The lowest BCUT2D eigenvalue weighted by molar-refractivity contribution is 0.615. The smallest absolute Gasteiger partial charge is 0.295 e. The molecule has 0 aliphatic carbocycles. The van der Waals surface area contributed by atoms with Crippen LogP contribution in [0.15, 0.2) is 22.6 Å². The number of halogens is 1. The van der Waals surface area contributed by atoms with E-state index in [-0.39, 0.29) is 0 Å². The quantitative estimate of drug-likeness (QED) is 0.814. The van der Waals surface area contributed by atoms with Gasteiger partial charge in [0.05, 0.1) is 0 Å². The fourth-order valence-corrected chi connectivity index (χ4v) is 1.32. The van der Waals surface area contributed by atoms with Crippen LogP contribution in [0.1, 0.15) is 0 Å². The maximum Gasteiger partial charge on any atom is 0.295 e. The van der Waals surface area contributed by atoms with Crippen LogP contribution in [0.25, 0.3) is 11.1 Å². The van der Waals surface area contributed by atoms with Gasteiger partial charge in [-0.05, 0) is 12.1 Å². The zero-order valence-electron chi connectivity index (χ0n) is 7.46. The zero-order chi connectivity index (χ0) is 9.97. The van der Waals surface area contributed by atoms with Crippen LogP contribution < -0.4 is 11.1 Å². The van der Waals surface area contributed by atoms with Gasteiger partial charge < -0.3 is 15.5 Å². The van der Waals surface area contributed by atoms with E-state index in [1.807, 2.05) is 6.07 Å². The molecule has 0 radical (unpaired) electrons. The first-order valence-electron chi connectivity index (χ1n) is 4.29. The van der Waals surface area contributed by atoms with Crippen molar-refractivity contribution in [1.82, 2.24) is 4.98 Å². The second-order valence-corrected chi connectivity index (χ2v) is 3.28. The Morgan fingerprint density at radius 3 is 3.14 bits per heavy atom. The molecule has 0 amide bonds. The summed E-state index contributed by atoms with van der Waals surface area (Å²) < 4.78 is 5.39. The number of anilines is 1. The number of nitrogens with two attached hydrogens (primary N) is 1. The Bertz CT molecular complexity index is 441. The molecule has 74 valence electrons. The Morgan fingerprint density at radius 2 is 2.36 bits per heavy atom. The number of hydrogen-bond acceptors (Lipinski definition) is 4. The van der Waals surface area contributed by atoms with E-state index in [4.69, 9.17) is 21.8 Å². The summed E-state index contributed by atoms with van der Waals surface area (Å²) in [7, 11) is 0. The maximum absolute atomic E-state index is 5.80. The van der Waals surface area contributed by atoms with Crippen molar-refractivity contribution in [2.45, 2.75) is 0 Å². The highest BCUT2D eigenvalue weighted by molar-refractivity contribution is 6.31. The third-order valence-corrected chi connectivity index (χ3v) is 2.01. The standard InChI is InChI=1S/C9H10ClN3O/c10-6-1-2-7-8(5-6)14-9(13-7)12-4-3-11/h1-2,5H,3-4,11H2,(H,12,13). The molecule has 1 aromatic heterocycles. The summed E-state index contributed by atoms with van der Waals surface area (Å²) in [4.78, 5) is 4.20. The highest BCUT2D eigenvalue weighted by Crippen LogP contribution is 2.21. The molecule has 1 heterocycles. The Balaban J connectivity index is 2.32. The molecule has 14 heavy (non-hydrogen) atoms. The Labute approximate surface area is 86.0 Å². The third kappa shape index (κ3) is 1.81. The van der Waals surface area contributed by atoms with Gasteiger partial charge in [-0.1, -0.05) is 11.6 Å². The van der Waals surface area contributed by atoms with Crippen LogP contribution in [-0.2, 0) is 0 Å². The number of hydrogen-bond donors (Lipinski definition) is 2. The second kappa shape index (κ2) is 3.86. The summed E-state index contributed by atoms with van der Waals surface area (Å²) in [6, 6.07) is 5.80. The van der Waals surface area contributed by atoms with Crippen molar-refractivity contribution < 1.29 is 4.42 Å².